The fourth-order valence-electron chi connectivity index (χ4n) is 0.657. The Morgan fingerprint density at radius 3 is 2.27 bits per heavy atom. The van der Waals surface area contributed by atoms with Gasteiger partial charge in [-0.1, -0.05) is 33.9 Å². The number of rotatable bonds is 2. The third-order valence-electron chi connectivity index (χ3n) is 2.92. The van der Waals surface area contributed by atoms with Crippen molar-refractivity contribution in [3.63, 3.8) is 0 Å². The smallest absolute Gasteiger partial charge is 0.321 e. The molecule has 1 atom stereocenters. The number of hydrogen-bond donors (Lipinski definition) is 2. The third-order valence-corrected chi connectivity index (χ3v) is 7.47. The molecule has 0 spiro atoms. The molecule has 15 heavy (non-hydrogen) atoms. The maximum atomic E-state index is 10.5. The van der Waals surface area contributed by atoms with Crippen LogP contribution in [0.1, 0.15) is 27.2 Å². The second-order valence-electron chi connectivity index (χ2n) is 5.33. The summed E-state index contributed by atoms with van der Waals surface area (Å²) in [6.45, 7) is 10.9. The van der Waals surface area contributed by atoms with Crippen LogP contribution in [-0.2, 0) is 4.79 Å². The molecule has 0 heterocycles. The summed E-state index contributed by atoms with van der Waals surface area (Å²) < 4.78 is 0. The zero-order chi connectivity index (χ0) is 12.3. The van der Waals surface area contributed by atoms with Crippen LogP contribution in [0.25, 0.3) is 0 Å². The first-order chi connectivity index (χ1) is 6.58. The van der Waals surface area contributed by atoms with Crippen LogP contribution in [0.2, 0.25) is 18.1 Å². The zero-order valence-electron chi connectivity index (χ0n) is 10.2. The van der Waals surface area contributed by atoms with Crippen molar-refractivity contribution in [2.24, 2.45) is 5.73 Å². The van der Waals surface area contributed by atoms with Crippen molar-refractivity contribution >= 4 is 14.0 Å². The van der Waals surface area contributed by atoms with E-state index < -0.39 is 20.1 Å². The van der Waals surface area contributed by atoms with Gasteiger partial charge in [0.15, 0.2) is 0 Å². The molecule has 4 heteroatoms. The molecule has 0 rings (SSSR count). The average molecular weight is 227 g/mol. The number of carboxylic acids is 1. The van der Waals surface area contributed by atoms with E-state index in [-0.39, 0.29) is 11.5 Å². The van der Waals surface area contributed by atoms with E-state index in [9.17, 15) is 4.79 Å². The largest absolute Gasteiger partial charge is 0.480 e. The van der Waals surface area contributed by atoms with Gasteiger partial charge < -0.3 is 10.8 Å². The Labute approximate surface area is 93.1 Å². The lowest BCUT2D eigenvalue weighted by Gasteiger charge is -2.31. The molecule has 0 amide bonds. The van der Waals surface area contributed by atoms with Crippen LogP contribution < -0.4 is 5.73 Å². The summed E-state index contributed by atoms with van der Waals surface area (Å²) in [7, 11) is -1.62. The van der Waals surface area contributed by atoms with Crippen LogP contribution in [0.15, 0.2) is 0 Å². The molecule has 0 aromatic heterocycles. The van der Waals surface area contributed by atoms with Gasteiger partial charge in [-0.3, -0.25) is 4.79 Å². The monoisotopic (exact) mass is 227 g/mol. The number of hydrogen-bond acceptors (Lipinski definition) is 2. The topological polar surface area (TPSA) is 63.3 Å². The molecule has 0 radical (unpaired) electrons. The van der Waals surface area contributed by atoms with Gasteiger partial charge in [-0.25, -0.2) is 0 Å². The second kappa shape index (κ2) is 4.82. The van der Waals surface area contributed by atoms with Crippen LogP contribution in [0.5, 0.6) is 0 Å². The molecule has 3 nitrogen and oxygen atoms in total. The Morgan fingerprint density at radius 1 is 1.47 bits per heavy atom. The first-order valence-corrected chi connectivity index (χ1v) is 8.06. The van der Waals surface area contributed by atoms with Crippen molar-refractivity contribution in [2.45, 2.75) is 51.4 Å². The summed E-state index contributed by atoms with van der Waals surface area (Å²) >= 11 is 0. The van der Waals surface area contributed by atoms with E-state index in [0.29, 0.717) is 0 Å². The van der Waals surface area contributed by atoms with Gasteiger partial charge in [0, 0.05) is 6.42 Å². The lowest BCUT2D eigenvalue weighted by Crippen LogP contribution is -2.36. The molecule has 86 valence electrons. The van der Waals surface area contributed by atoms with Crippen molar-refractivity contribution in [3.8, 4) is 11.5 Å². The van der Waals surface area contributed by atoms with E-state index in [1.807, 2.05) is 0 Å². The minimum absolute atomic E-state index is 0.202. The molecule has 0 unspecified atom stereocenters. The maximum Gasteiger partial charge on any atom is 0.321 e. The van der Waals surface area contributed by atoms with Crippen molar-refractivity contribution in [3.05, 3.63) is 0 Å². The number of carbonyl (C=O) groups is 1. The molecule has 0 aromatic rings. The lowest BCUT2D eigenvalue weighted by molar-refractivity contribution is -0.138. The first-order valence-electron chi connectivity index (χ1n) is 5.06. The minimum Gasteiger partial charge on any atom is -0.480 e. The fourth-order valence-corrected chi connectivity index (χ4v) is 1.58. The number of aliphatic carboxylic acids is 1. The van der Waals surface area contributed by atoms with E-state index >= 15 is 0 Å². The molecular formula is C11H21NO2Si. The van der Waals surface area contributed by atoms with Gasteiger partial charge in [0.1, 0.15) is 14.1 Å². The normalized spacial score (nSPS) is 14.0. The van der Waals surface area contributed by atoms with Crippen LogP contribution in [0, 0.1) is 11.5 Å². The van der Waals surface area contributed by atoms with Crippen LogP contribution in [-0.4, -0.2) is 25.2 Å². The fraction of sp³-hybridized carbons (Fsp3) is 0.727. The summed E-state index contributed by atoms with van der Waals surface area (Å²) in [5.74, 6) is 1.93. The second-order valence-corrected chi connectivity index (χ2v) is 10.3. The Morgan fingerprint density at radius 2 is 1.93 bits per heavy atom. The van der Waals surface area contributed by atoms with Crippen molar-refractivity contribution < 1.29 is 9.90 Å². The van der Waals surface area contributed by atoms with E-state index in [1.54, 1.807) is 0 Å². The quantitative estimate of drug-likeness (QED) is 0.559. The standard InChI is InChI=1S/C11H21NO2Si/c1-11(2,3)15(4,5)8-6-7-9(12)10(13)14/h9H,7,12H2,1-5H3,(H,13,14)/t9-/m1/s1. The highest BCUT2D eigenvalue weighted by molar-refractivity contribution is 6.87. The lowest BCUT2D eigenvalue weighted by atomic mass is 10.2. The van der Waals surface area contributed by atoms with E-state index in [1.165, 1.54) is 0 Å². The molecule has 0 aliphatic rings. The number of nitrogens with two attached hydrogens (primary N) is 1. The summed E-state index contributed by atoms with van der Waals surface area (Å²) in [6.07, 6.45) is 0.238. The Bertz CT molecular complexity index is 294. The van der Waals surface area contributed by atoms with Gasteiger partial charge in [-0.05, 0) is 5.04 Å². The zero-order valence-corrected chi connectivity index (χ0v) is 11.2. The Hall–Kier alpha value is -0.793. The Balaban J connectivity index is 4.48. The highest BCUT2D eigenvalue weighted by Gasteiger charge is 2.33. The highest BCUT2D eigenvalue weighted by Crippen LogP contribution is 2.35. The molecule has 0 aliphatic carbocycles. The molecule has 0 aromatic carbocycles. The van der Waals surface area contributed by atoms with Gasteiger partial charge in [-0.15, -0.1) is 11.5 Å². The molecule has 0 fully saturated rings. The molecule has 0 bridgehead atoms. The average Bonchev–Trinajstić information content (AvgIpc) is 2.01. The van der Waals surface area contributed by atoms with Gasteiger partial charge in [-0.2, -0.15) is 0 Å². The molecule has 0 aliphatic heterocycles. The van der Waals surface area contributed by atoms with Crippen molar-refractivity contribution in [1.82, 2.24) is 0 Å². The maximum absolute atomic E-state index is 10.5. The third kappa shape index (κ3) is 4.50. The first kappa shape index (κ1) is 14.2. The van der Waals surface area contributed by atoms with Crippen LogP contribution in [0.4, 0.5) is 0 Å². The highest BCUT2D eigenvalue weighted by atomic mass is 28.3. The molecule has 0 saturated carbocycles. The van der Waals surface area contributed by atoms with Gasteiger partial charge in [0.2, 0.25) is 0 Å². The van der Waals surface area contributed by atoms with Crippen LogP contribution >= 0.6 is 0 Å². The molecule has 0 saturated heterocycles. The Kier molecular flexibility index (Phi) is 4.56. The summed E-state index contributed by atoms with van der Waals surface area (Å²) in [4.78, 5) is 10.5. The predicted octanol–water partition coefficient (Wildman–Crippen LogP) is 1.84. The SMILES string of the molecule is CC(C)(C)[Si](C)(C)C#CC[C@@H](N)C(=O)O. The summed E-state index contributed by atoms with van der Waals surface area (Å²) in [5, 5.41) is 8.79. The van der Waals surface area contributed by atoms with E-state index in [2.05, 4.69) is 45.3 Å². The summed E-state index contributed by atoms with van der Waals surface area (Å²) in [6, 6.07) is -0.859. The summed E-state index contributed by atoms with van der Waals surface area (Å²) in [5.41, 5.74) is 8.60. The molecule has 3 N–H and O–H groups in total. The van der Waals surface area contributed by atoms with Gasteiger partial charge in [0.05, 0.1) is 0 Å². The predicted molar refractivity (Wildman–Crippen MR) is 65.2 cm³/mol. The van der Waals surface area contributed by atoms with Crippen molar-refractivity contribution in [1.29, 1.82) is 0 Å². The van der Waals surface area contributed by atoms with Gasteiger partial charge >= 0.3 is 5.97 Å². The minimum atomic E-state index is -1.62. The number of carboxylic acid groups (broad SMARTS) is 1. The van der Waals surface area contributed by atoms with Gasteiger partial charge in [0.25, 0.3) is 0 Å². The molecular weight excluding hydrogens is 206 g/mol. The van der Waals surface area contributed by atoms with Crippen molar-refractivity contribution in [2.75, 3.05) is 0 Å². The van der Waals surface area contributed by atoms with Crippen LogP contribution in [0.3, 0.4) is 0 Å². The van der Waals surface area contributed by atoms with E-state index in [4.69, 9.17) is 10.8 Å². The van der Waals surface area contributed by atoms with E-state index in [0.717, 1.165) is 0 Å².